The monoisotopic (exact) mass is 418 g/mol. The molecule has 30 heavy (non-hydrogen) atoms. The van der Waals surface area contributed by atoms with Crippen molar-refractivity contribution < 1.29 is 44.9 Å². The average molecular weight is 418 g/mol. The molecule has 1 aromatic heterocycles. The van der Waals surface area contributed by atoms with Gasteiger partial charge in [-0.2, -0.15) is 0 Å². The van der Waals surface area contributed by atoms with E-state index in [2.05, 4.69) is 0 Å². The molecule has 7 N–H and O–H groups in total. The molecule has 0 aliphatic carbocycles. The van der Waals surface area contributed by atoms with Gasteiger partial charge in [-0.3, -0.25) is 4.79 Å². The zero-order chi connectivity index (χ0) is 21.7. The number of ether oxygens (including phenoxy) is 1. The summed E-state index contributed by atoms with van der Waals surface area (Å²) in [6.07, 6.45) is -5.54. The van der Waals surface area contributed by atoms with E-state index in [0.29, 0.717) is 0 Å². The highest BCUT2D eigenvalue weighted by atomic mass is 16.6. The molecule has 10 heteroatoms. The lowest BCUT2D eigenvalue weighted by molar-refractivity contribution is -0.0231. The van der Waals surface area contributed by atoms with Gasteiger partial charge in [0.15, 0.2) is 22.5 Å². The molecule has 1 aliphatic rings. The topological polar surface area (TPSA) is 181 Å². The highest BCUT2D eigenvalue weighted by molar-refractivity contribution is 5.89. The molecule has 1 aliphatic heterocycles. The molecule has 10 nitrogen and oxygen atoms in total. The minimum atomic E-state index is -1.56. The number of hydrogen-bond acceptors (Lipinski definition) is 10. The van der Waals surface area contributed by atoms with Crippen LogP contribution in [0.5, 0.6) is 23.0 Å². The van der Waals surface area contributed by atoms with Crippen LogP contribution in [-0.4, -0.2) is 60.7 Å². The van der Waals surface area contributed by atoms with Crippen molar-refractivity contribution in [1.82, 2.24) is 0 Å². The van der Waals surface area contributed by atoms with E-state index in [1.165, 1.54) is 12.1 Å². The molecular weight excluding hydrogens is 400 g/mol. The SMILES string of the molecule is O=c1cc(-c2ccc(O)c(O)c2)oc2c([C@@H]3O[C@@H](CO)[C@H](O)[C@H]3O)c(O)cc(O)c12. The van der Waals surface area contributed by atoms with E-state index < -0.39 is 53.7 Å². The van der Waals surface area contributed by atoms with E-state index in [9.17, 15) is 40.5 Å². The summed E-state index contributed by atoms with van der Waals surface area (Å²) in [6.45, 7) is -0.604. The third-order valence-electron chi connectivity index (χ3n) is 5.08. The Morgan fingerprint density at radius 2 is 1.60 bits per heavy atom. The van der Waals surface area contributed by atoms with Gasteiger partial charge in [0.05, 0.1) is 12.2 Å². The maximum Gasteiger partial charge on any atom is 0.197 e. The predicted molar refractivity (Wildman–Crippen MR) is 101 cm³/mol. The van der Waals surface area contributed by atoms with Crippen LogP contribution in [0.25, 0.3) is 22.3 Å². The van der Waals surface area contributed by atoms with Gasteiger partial charge in [0.1, 0.15) is 47.1 Å². The van der Waals surface area contributed by atoms with Crippen LogP contribution >= 0.6 is 0 Å². The number of hydrogen-bond donors (Lipinski definition) is 7. The van der Waals surface area contributed by atoms with Gasteiger partial charge in [-0.1, -0.05) is 0 Å². The van der Waals surface area contributed by atoms with E-state index in [-0.39, 0.29) is 33.6 Å². The summed E-state index contributed by atoms with van der Waals surface area (Å²) in [6, 6.07) is 5.63. The highest BCUT2D eigenvalue weighted by Crippen LogP contribution is 2.44. The second kappa shape index (κ2) is 7.18. The van der Waals surface area contributed by atoms with Gasteiger partial charge in [-0.15, -0.1) is 0 Å². The molecule has 4 atom stereocenters. The summed E-state index contributed by atoms with van der Waals surface area (Å²) < 4.78 is 11.2. The summed E-state index contributed by atoms with van der Waals surface area (Å²) in [5.74, 6) is -2.06. The van der Waals surface area contributed by atoms with Crippen molar-refractivity contribution in [3.63, 3.8) is 0 Å². The Hall–Kier alpha value is -3.31. The molecule has 0 radical (unpaired) electrons. The number of phenols is 4. The maximum atomic E-state index is 12.7. The Morgan fingerprint density at radius 1 is 0.867 bits per heavy atom. The molecule has 158 valence electrons. The first kappa shape index (κ1) is 20.0. The van der Waals surface area contributed by atoms with Gasteiger partial charge < -0.3 is 44.9 Å². The zero-order valence-electron chi connectivity index (χ0n) is 15.3. The van der Waals surface area contributed by atoms with Crippen LogP contribution in [0.3, 0.4) is 0 Å². The number of phenolic OH excluding ortho intramolecular Hbond substituents is 4. The Balaban J connectivity index is 1.98. The van der Waals surface area contributed by atoms with Crippen LogP contribution < -0.4 is 5.43 Å². The third-order valence-corrected chi connectivity index (χ3v) is 5.08. The normalized spacial score (nSPS) is 23.8. The van der Waals surface area contributed by atoms with Crippen molar-refractivity contribution in [2.24, 2.45) is 0 Å². The van der Waals surface area contributed by atoms with Gasteiger partial charge in [0.25, 0.3) is 0 Å². The van der Waals surface area contributed by atoms with E-state index in [0.717, 1.165) is 18.2 Å². The van der Waals surface area contributed by atoms with Crippen molar-refractivity contribution in [2.75, 3.05) is 6.61 Å². The quantitative estimate of drug-likeness (QED) is 0.295. The van der Waals surface area contributed by atoms with Crippen LogP contribution in [0, 0.1) is 0 Å². The van der Waals surface area contributed by atoms with Crippen molar-refractivity contribution in [3.05, 3.63) is 46.1 Å². The molecule has 0 spiro atoms. The highest BCUT2D eigenvalue weighted by Gasteiger charge is 2.45. The number of fused-ring (bicyclic) bond motifs is 1. The third kappa shape index (κ3) is 3.02. The molecule has 1 fully saturated rings. The largest absolute Gasteiger partial charge is 0.507 e. The van der Waals surface area contributed by atoms with Crippen molar-refractivity contribution in [3.8, 4) is 34.3 Å². The fourth-order valence-corrected chi connectivity index (χ4v) is 3.55. The van der Waals surface area contributed by atoms with E-state index in [1.54, 1.807) is 0 Å². The molecule has 1 saturated heterocycles. The number of rotatable bonds is 3. The first-order valence-corrected chi connectivity index (χ1v) is 8.90. The summed E-state index contributed by atoms with van der Waals surface area (Å²) in [4.78, 5) is 12.7. The van der Waals surface area contributed by atoms with Crippen LogP contribution in [-0.2, 0) is 4.74 Å². The Bertz CT molecular complexity index is 1180. The lowest BCUT2D eigenvalue weighted by atomic mass is 9.97. The summed E-state index contributed by atoms with van der Waals surface area (Å²) in [5.41, 5.74) is -0.992. The molecule has 2 heterocycles. The number of benzene rings is 2. The number of aromatic hydroxyl groups is 4. The minimum absolute atomic E-state index is 0.0687. The van der Waals surface area contributed by atoms with Gasteiger partial charge in [-0.05, 0) is 18.2 Å². The average Bonchev–Trinajstić information content (AvgIpc) is 2.97. The standard InChI is InChI=1S/C20H18O10/c21-6-14-17(27)18(28)20(30-14)16-11(25)4-10(24)15-12(26)5-13(29-19(15)16)7-1-2-8(22)9(23)3-7/h1-5,14,17-18,20-25,27-28H,6H2/t14-,17-,18+,20-/m0/s1. The minimum Gasteiger partial charge on any atom is -0.507 e. The summed E-state index contributed by atoms with van der Waals surface area (Å²) in [7, 11) is 0. The smallest absolute Gasteiger partial charge is 0.197 e. The van der Waals surface area contributed by atoms with Crippen LogP contribution in [0.4, 0.5) is 0 Å². The van der Waals surface area contributed by atoms with Gasteiger partial charge in [0.2, 0.25) is 0 Å². The predicted octanol–water partition coefficient (Wildman–Crippen LogP) is 0.436. The molecule has 0 amide bonds. The fourth-order valence-electron chi connectivity index (χ4n) is 3.55. The zero-order valence-corrected chi connectivity index (χ0v) is 15.3. The number of aliphatic hydroxyl groups excluding tert-OH is 3. The Morgan fingerprint density at radius 3 is 2.23 bits per heavy atom. The summed E-state index contributed by atoms with van der Waals surface area (Å²) >= 11 is 0. The van der Waals surface area contributed by atoms with E-state index in [4.69, 9.17) is 9.15 Å². The first-order valence-electron chi connectivity index (χ1n) is 8.90. The molecule has 0 unspecified atom stereocenters. The van der Waals surface area contributed by atoms with E-state index in [1.807, 2.05) is 0 Å². The fraction of sp³-hybridized carbons (Fsp3) is 0.250. The molecular formula is C20H18O10. The first-order chi connectivity index (χ1) is 14.2. The second-order valence-corrected chi connectivity index (χ2v) is 6.97. The van der Waals surface area contributed by atoms with Crippen molar-refractivity contribution in [1.29, 1.82) is 0 Å². The van der Waals surface area contributed by atoms with E-state index >= 15 is 0 Å². The van der Waals surface area contributed by atoms with Crippen LogP contribution in [0.2, 0.25) is 0 Å². The van der Waals surface area contributed by atoms with Gasteiger partial charge >= 0.3 is 0 Å². The molecule has 0 bridgehead atoms. The van der Waals surface area contributed by atoms with Crippen molar-refractivity contribution in [2.45, 2.75) is 24.4 Å². The Kier molecular flexibility index (Phi) is 4.79. The second-order valence-electron chi connectivity index (χ2n) is 6.97. The number of aliphatic hydroxyl groups is 3. The molecule has 4 rings (SSSR count). The molecule has 0 saturated carbocycles. The van der Waals surface area contributed by atoms with Crippen molar-refractivity contribution >= 4 is 11.0 Å². The lowest BCUT2D eigenvalue weighted by Crippen LogP contribution is -2.32. The molecule has 2 aromatic carbocycles. The van der Waals surface area contributed by atoms with Crippen LogP contribution in [0.15, 0.2) is 39.5 Å². The Labute approximate surface area is 168 Å². The lowest BCUT2D eigenvalue weighted by Gasteiger charge is -2.18. The van der Waals surface area contributed by atoms with Crippen LogP contribution in [0.1, 0.15) is 11.7 Å². The van der Waals surface area contributed by atoms with Gasteiger partial charge in [-0.25, -0.2) is 0 Å². The maximum absolute atomic E-state index is 12.7. The molecule has 3 aromatic rings. The van der Waals surface area contributed by atoms with Gasteiger partial charge in [0, 0.05) is 17.7 Å². The summed E-state index contributed by atoms with van der Waals surface area (Å²) in [5, 5.41) is 69.2.